The van der Waals surface area contributed by atoms with E-state index in [9.17, 15) is 13.2 Å². The van der Waals surface area contributed by atoms with Crippen molar-refractivity contribution in [1.82, 2.24) is 24.8 Å². The second-order valence-electron chi connectivity index (χ2n) is 8.16. The van der Waals surface area contributed by atoms with Crippen molar-refractivity contribution in [1.29, 1.82) is 0 Å². The molecule has 0 N–H and O–H groups in total. The van der Waals surface area contributed by atoms with Crippen LogP contribution in [0.2, 0.25) is 0 Å². The van der Waals surface area contributed by atoms with Gasteiger partial charge in [0.25, 0.3) is 0 Å². The van der Waals surface area contributed by atoms with E-state index in [0.29, 0.717) is 19.5 Å². The Kier molecular flexibility index (Phi) is 5.52. The first kappa shape index (κ1) is 20.2. The third-order valence-corrected chi connectivity index (χ3v) is 7.81. The predicted molar refractivity (Wildman–Crippen MR) is 110 cm³/mol. The minimum absolute atomic E-state index is 0.0515. The summed E-state index contributed by atoms with van der Waals surface area (Å²) in [7, 11) is -1.10. The van der Waals surface area contributed by atoms with Gasteiger partial charge < -0.3 is 4.90 Å². The number of carbonyl (C=O) groups is 1. The van der Waals surface area contributed by atoms with Crippen molar-refractivity contribution in [3.8, 4) is 0 Å². The molecule has 2 fully saturated rings. The summed E-state index contributed by atoms with van der Waals surface area (Å²) >= 11 is 0. The predicted octanol–water partition coefficient (Wildman–Crippen LogP) is 1.16. The van der Waals surface area contributed by atoms with Crippen LogP contribution in [0.5, 0.6) is 0 Å². The van der Waals surface area contributed by atoms with Gasteiger partial charge in [-0.1, -0.05) is 0 Å². The molecule has 2 aromatic heterocycles. The minimum Gasteiger partial charge on any atom is -0.342 e. The van der Waals surface area contributed by atoms with Gasteiger partial charge in [0, 0.05) is 36.6 Å². The van der Waals surface area contributed by atoms with Crippen LogP contribution in [0.1, 0.15) is 36.7 Å². The highest BCUT2D eigenvalue weighted by molar-refractivity contribution is 7.91. The highest BCUT2D eigenvalue weighted by Crippen LogP contribution is 2.31. The van der Waals surface area contributed by atoms with E-state index in [1.807, 2.05) is 35.9 Å². The third-order valence-electron chi connectivity index (χ3n) is 6.06. The van der Waals surface area contributed by atoms with Crippen LogP contribution in [0.25, 0.3) is 11.0 Å². The summed E-state index contributed by atoms with van der Waals surface area (Å²) in [6.07, 6.45) is 4.07. The van der Waals surface area contributed by atoms with Gasteiger partial charge in [-0.25, -0.2) is 23.4 Å². The lowest BCUT2D eigenvalue weighted by Crippen LogP contribution is -2.45. The normalized spacial score (nSPS) is 22.4. The minimum atomic E-state index is -2.94. The molecule has 2 aromatic rings. The lowest BCUT2D eigenvalue weighted by atomic mass is 9.91. The summed E-state index contributed by atoms with van der Waals surface area (Å²) in [4.78, 5) is 30.0. The quantitative estimate of drug-likeness (QED) is 0.736. The first-order valence-electron chi connectivity index (χ1n) is 10.1. The fourth-order valence-corrected chi connectivity index (χ4v) is 6.18. The highest BCUT2D eigenvalue weighted by atomic mass is 32.2. The first-order valence-corrected chi connectivity index (χ1v) is 11.9. The number of aryl methyl sites for hydroxylation is 1. The Balaban J connectivity index is 1.38. The van der Waals surface area contributed by atoms with Crippen LogP contribution in [0.15, 0.2) is 18.3 Å². The molecule has 0 spiro atoms. The standard InChI is InChI=1S/C20H27N5O3S/c1-14-22-19(17-4-3-8-21-20(17)23-14)15-5-9-25(10-6-15)18(26)12-24(2)16-7-11-29(27,28)13-16/h3-4,8,15-16H,5-7,9-13H2,1-2H3. The maximum Gasteiger partial charge on any atom is 0.236 e. The van der Waals surface area contributed by atoms with Gasteiger partial charge in [0.1, 0.15) is 5.82 Å². The molecule has 156 valence electrons. The second kappa shape index (κ2) is 7.95. The molecule has 29 heavy (non-hydrogen) atoms. The Morgan fingerprint density at radius 3 is 2.69 bits per heavy atom. The number of likely N-dealkylation sites (N-methyl/N-ethyl adjacent to an activating group) is 1. The number of amides is 1. The molecule has 1 unspecified atom stereocenters. The molecule has 8 nitrogen and oxygen atoms in total. The van der Waals surface area contributed by atoms with E-state index in [0.717, 1.165) is 35.4 Å². The van der Waals surface area contributed by atoms with Crippen molar-refractivity contribution in [2.75, 3.05) is 38.2 Å². The van der Waals surface area contributed by atoms with Crippen molar-refractivity contribution >= 4 is 26.8 Å². The molecule has 2 aliphatic heterocycles. The number of hydrogen-bond donors (Lipinski definition) is 0. The zero-order valence-corrected chi connectivity index (χ0v) is 17.7. The highest BCUT2D eigenvalue weighted by Gasteiger charge is 2.33. The number of piperidine rings is 1. The largest absolute Gasteiger partial charge is 0.342 e. The number of likely N-dealkylation sites (tertiary alicyclic amines) is 1. The lowest BCUT2D eigenvalue weighted by Gasteiger charge is -2.34. The van der Waals surface area contributed by atoms with Gasteiger partial charge in [0.2, 0.25) is 5.91 Å². The van der Waals surface area contributed by atoms with Crippen LogP contribution in [0.3, 0.4) is 0 Å². The second-order valence-corrected chi connectivity index (χ2v) is 10.4. The Bertz CT molecular complexity index is 1020. The zero-order chi connectivity index (χ0) is 20.6. The van der Waals surface area contributed by atoms with Crippen LogP contribution in [-0.2, 0) is 14.6 Å². The van der Waals surface area contributed by atoms with Gasteiger partial charge in [-0.3, -0.25) is 9.69 Å². The Morgan fingerprint density at radius 2 is 2.00 bits per heavy atom. The van der Waals surface area contributed by atoms with Crippen LogP contribution in [-0.4, -0.2) is 83.3 Å². The maximum atomic E-state index is 12.7. The van der Waals surface area contributed by atoms with Gasteiger partial charge in [0.15, 0.2) is 15.5 Å². The molecular weight excluding hydrogens is 390 g/mol. The Hall–Kier alpha value is -2.13. The molecule has 0 aliphatic carbocycles. The fraction of sp³-hybridized carbons (Fsp3) is 0.600. The van der Waals surface area contributed by atoms with Crippen LogP contribution >= 0.6 is 0 Å². The van der Waals surface area contributed by atoms with Crippen LogP contribution < -0.4 is 0 Å². The maximum absolute atomic E-state index is 12.7. The molecule has 0 saturated carbocycles. The molecule has 1 amide bonds. The number of nitrogens with zero attached hydrogens (tertiary/aromatic N) is 5. The summed E-state index contributed by atoms with van der Waals surface area (Å²) < 4.78 is 23.4. The number of sulfone groups is 1. The smallest absolute Gasteiger partial charge is 0.236 e. The molecular formula is C20H27N5O3S. The summed E-state index contributed by atoms with van der Waals surface area (Å²) in [5, 5.41) is 0.991. The van der Waals surface area contributed by atoms with Crippen molar-refractivity contribution in [2.24, 2.45) is 0 Å². The van der Waals surface area contributed by atoms with Crippen molar-refractivity contribution in [3.63, 3.8) is 0 Å². The number of carbonyl (C=O) groups excluding carboxylic acids is 1. The molecule has 1 atom stereocenters. The summed E-state index contributed by atoms with van der Waals surface area (Å²) in [5.74, 6) is 1.46. The molecule has 2 aliphatic rings. The average molecular weight is 418 g/mol. The average Bonchev–Trinajstić information content (AvgIpc) is 3.07. The first-order chi connectivity index (χ1) is 13.8. The van der Waals surface area contributed by atoms with E-state index in [2.05, 4.69) is 15.0 Å². The van der Waals surface area contributed by atoms with E-state index in [-0.39, 0.29) is 35.9 Å². The van der Waals surface area contributed by atoms with Crippen molar-refractivity contribution in [3.05, 3.63) is 29.8 Å². The summed E-state index contributed by atoms with van der Waals surface area (Å²) in [6, 6.07) is 3.87. The number of pyridine rings is 1. The van der Waals surface area contributed by atoms with E-state index in [4.69, 9.17) is 0 Å². The van der Waals surface area contributed by atoms with Gasteiger partial charge in [-0.15, -0.1) is 0 Å². The third kappa shape index (κ3) is 4.40. The van der Waals surface area contributed by atoms with Gasteiger partial charge in [-0.2, -0.15) is 0 Å². The summed E-state index contributed by atoms with van der Waals surface area (Å²) in [6.45, 7) is 3.52. The van der Waals surface area contributed by atoms with Gasteiger partial charge in [-0.05, 0) is 45.4 Å². The number of fused-ring (bicyclic) bond motifs is 1. The Morgan fingerprint density at radius 1 is 1.24 bits per heavy atom. The summed E-state index contributed by atoms with van der Waals surface area (Å²) in [5.41, 5.74) is 1.75. The van der Waals surface area contributed by atoms with Gasteiger partial charge in [0.05, 0.1) is 23.7 Å². The molecule has 2 saturated heterocycles. The Labute approximate surface area is 171 Å². The van der Waals surface area contributed by atoms with Crippen molar-refractivity contribution in [2.45, 2.75) is 38.1 Å². The number of hydrogen-bond acceptors (Lipinski definition) is 7. The molecule has 4 heterocycles. The van der Waals surface area contributed by atoms with E-state index in [1.54, 1.807) is 6.20 Å². The van der Waals surface area contributed by atoms with Crippen molar-refractivity contribution < 1.29 is 13.2 Å². The molecule has 0 radical (unpaired) electrons. The zero-order valence-electron chi connectivity index (χ0n) is 16.9. The lowest BCUT2D eigenvalue weighted by molar-refractivity contribution is -0.133. The molecule has 0 aromatic carbocycles. The van der Waals surface area contributed by atoms with Gasteiger partial charge >= 0.3 is 0 Å². The molecule has 4 rings (SSSR count). The van der Waals surface area contributed by atoms with E-state index in [1.165, 1.54) is 0 Å². The monoisotopic (exact) mass is 417 g/mol. The fourth-order valence-electron chi connectivity index (χ4n) is 4.38. The van der Waals surface area contributed by atoms with E-state index < -0.39 is 9.84 Å². The molecule has 9 heteroatoms. The topological polar surface area (TPSA) is 96.4 Å². The number of aromatic nitrogens is 3. The number of rotatable bonds is 4. The van der Waals surface area contributed by atoms with Crippen LogP contribution in [0.4, 0.5) is 0 Å². The van der Waals surface area contributed by atoms with E-state index >= 15 is 0 Å². The molecule has 0 bridgehead atoms. The van der Waals surface area contributed by atoms with Crippen LogP contribution in [0, 0.1) is 6.92 Å². The SMILES string of the molecule is Cc1nc(C2CCN(C(=O)CN(C)C3CCS(=O)(=O)C3)CC2)c2cccnc2n1.